The van der Waals surface area contributed by atoms with E-state index in [0.29, 0.717) is 0 Å². The topological polar surface area (TPSA) is 30.5 Å². The molecule has 0 fully saturated rings. The molecule has 2 aromatic rings. The third kappa shape index (κ3) is 8.10. The molecule has 1 N–H and O–H groups in total. The number of nitrogens with one attached hydrogen (secondary N) is 1. The number of benzene rings is 2. The fourth-order valence-corrected chi connectivity index (χ4v) is 3.03. The predicted molar refractivity (Wildman–Crippen MR) is 123 cm³/mol. The Morgan fingerprint density at radius 3 is 2.07 bits per heavy atom. The summed E-state index contributed by atoms with van der Waals surface area (Å²) >= 11 is 0. The van der Waals surface area contributed by atoms with Crippen LogP contribution in [-0.2, 0) is 18.5 Å². The Balaban J connectivity index is 1.96. The molecule has 0 amide bonds. The fraction of sp³-hybridized carbons (Fsp3) is 0.538. The Hall–Kier alpha value is -2.00. The zero-order chi connectivity index (χ0) is 21.1. The number of hydrogen-bond acceptors (Lipinski definition) is 3. The van der Waals surface area contributed by atoms with Crippen molar-refractivity contribution in [1.29, 1.82) is 0 Å². The standard InChI is InChI=1S/C26H39NO2/c1-6-8-16-28-24-15-12-22(25(18-24)29-17-9-7-2)20-27-19-21-10-13-23(14-11-21)26(3,4)5/h10-15,18,27H,6-9,16-17,19-20H2,1-5H3. The normalized spacial score (nSPS) is 11.5. The summed E-state index contributed by atoms with van der Waals surface area (Å²) in [7, 11) is 0. The summed E-state index contributed by atoms with van der Waals surface area (Å²) in [6, 6.07) is 15.1. The van der Waals surface area contributed by atoms with Gasteiger partial charge in [-0.15, -0.1) is 0 Å². The lowest BCUT2D eigenvalue weighted by molar-refractivity contribution is 0.291. The van der Waals surface area contributed by atoms with Crippen LogP contribution in [0.5, 0.6) is 11.5 Å². The van der Waals surface area contributed by atoms with Crippen LogP contribution in [0.15, 0.2) is 42.5 Å². The Bertz CT molecular complexity index is 716. The first-order chi connectivity index (χ1) is 13.9. The maximum atomic E-state index is 6.06. The molecule has 0 saturated heterocycles. The Labute approximate surface area is 177 Å². The van der Waals surface area contributed by atoms with Crippen LogP contribution in [0.3, 0.4) is 0 Å². The largest absolute Gasteiger partial charge is 0.493 e. The van der Waals surface area contributed by atoms with Gasteiger partial charge in [0.25, 0.3) is 0 Å². The second-order valence-corrected chi connectivity index (χ2v) is 8.72. The summed E-state index contributed by atoms with van der Waals surface area (Å²) in [5.41, 5.74) is 4.03. The van der Waals surface area contributed by atoms with Crippen LogP contribution < -0.4 is 14.8 Å². The quantitative estimate of drug-likeness (QED) is 0.408. The second-order valence-electron chi connectivity index (χ2n) is 8.72. The number of unbranched alkanes of at least 4 members (excludes halogenated alkanes) is 2. The molecule has 3 heteroatoms. The van der Waals surface area contributed by atoms with E-state index in [2.05, 4.69) is 76.3 Å². The molecule has 0 saturated carbocycles. The average Bonchev–Trinajstić information content (AvgIpc) is 2.69. The second kappa shape index (κ2) is 11.9. The van der Waals surface area contributed by atoms with Crippen molar-refractivity contribution < 1.29 is 9.47 Å². The van der Waals surface area contributed by atoms with Gasteiger partial charge in [-0.1, -0.05) is 77.8 Å². The van der Waals surface area contributed by atoms with E-state index in [4.69, 9.17) is 9.47 Å². The van der Waals surface area contributed by atoms with Crippen molar-refractivity contribution in [3.05, 3.63) is 59.2 Å². The highest BCUT2D eigenvalue weighted by molar-refractivity contribution is 5.41. The van der Waals surface area contributed by atoms with Crippen molar-refractivity contribution in [1.82, 2.24) is 5.32 Å². The molecule has 160 valence electrons. The maximum Gasteiger partial charge on any atom is 0.127 e. The molecule has 0 atom stereocenters. The van der Waals surface area contributed by atoms with Gasteiger partial charge in [0.2, 0.25) is 0 Å². The van der Waals surface area contributed by atoms with E-state index >= 15 is 0 Å². The Kier molecular flexibility index (Phi) is 9.53. The molecular formula is C26H39NO2. The molecule has 0 heterocycles. The average molecular weight is 398 g/mol. The van der Waals surface area contributed by atoms with Gasteiger partial charge >= 0.3 is 0 Å². The van der Waals surface area contributed by atoms with Crippen molar-refractivity contribution in [3.63, 3.8) is 0 Å². The van der Waals surface area contributed by atoms with E-state index in [9.17, 15) is 0 Å². The van der Waals surface area contributed by atoms with Crippen LogP contribution in [0.4, 0.5) is 0 Å². The Morgan fingerprint density at radius 2 is 1.45 bits per heavy atom. The van der Waals surface area contributed by atoms with Crippen LogP contribution in [0.2, 0.25) is 0 Å². The fourth-order valence-electron chi connectivity index (χ4n) is 3.03. The van der Waals surface area contributed by atoms with Crippen LogP contribution in [0.1, 0.15) is 77.0 Å². The lowest BCUT2D eigenvalue weighted by Crippen LogP contribution is -2.15. The minimum atomic E-state index is 0.192. The van der Waals surface area contributed by atoms with Crippen molar-refractivity contribution in [2.24, 2.45) is 0 Å². The van der Waals surface area contributed by atoms with E-state index in [-0.39, 0.29) is 5.41 Å². The molecule has 0 unspecified atom stereocenters. The molecule has 0 aliphatic rings. The van der Waals surface area contributed by atoms with E-state index in [0.717, 1.165) is 63.5 Å². The summed E-state index contributed by atoms with van der Waals surface area (Å²) in [5.74, 6) is 1.83. The molecule has 0 aliphatic carbocycles. The highest BCUT2D eigenvalue weighted by atomic mass is 16.5. The van der Waals surface area contributed by atoms with Crippen molar-refractivity contribution >= 4 is 0 Å². The molecule has 0 bridgehead atoms. The maximum absolute atomic E-state index is 6.06. The predicted octanol–water partition coefficient (Wildman–Crippen LogP) is 6.63. The molecule has 0 aliphatic heterocycles. The third-order valence-electron chi connectivity index (χ3n) is 5.03. The van der Waals surface area contributed by atoms with Crippen LogP contribution in [0, 0.1) is 0 Å². The number of rotatable bonds is 12. The molecule has 2 aromatic carbocycles. The highest BCUT2D eigenvalue weighted by Crippen LogP contribution is 2.26. The van der Waals surface area contributed by atoms with Gasteiger partial charge in [-0.05, 0) is 35.4 Å². The molecule has 0 spiro atoms. The van der Waals surface area contributed by atoms with Crippen LogP contribution >= 0.6 is 0 Å². The zero-order valence-electron chi connectivity index (χ0n) is 19.0. The highest BCUT2D eigenvalue weighted by Gasteiger charge is 2.13. The molecule has 0 aromatic heterocycles. The van der Waals surface area contributed by atoms with E-state index in [1.54, 1.807) is 0 Å². The van der Waals surface area contributed by atoms with Crippen molar-refractivity contribution in [2.45, 2.75) is 78.8 Å². The summed E-state index contributed by atoms with van der Waals surface area (Å²) in [6.45, 7) is 14.2. The van der Waals surface area contributed by atoms with Gasteiger partial charge in [0.15, 0.2) is 0 Å². The molecule has 0 radical (unpaired) electrons. The lowest BCUT2D eigenvalue weighted by Gasteiger charge is -2.19. The summed E-state index contributed by atoms with van der Waals surface area (Å²) in [5, 5.41) is 3.56. The van der Waals surface area contributed by atoms with E-state index in [1.807, 2.05) is 6.07 Å². The van der Waals surface area contributed by atoms with Gasteiger partial charge in [0.1, 0.15) is 11.5 Å². The zero-order valence-corrected chi connectivity index (χ0v) is 19.0. The van der Waals surface area contributed by atoms with E-state index in [1.165, 1.54) is 16.7 Å². The summed E-state index contributed by atoms with van der Waals surface area (Å²) in [4.78, 5) is 0. The smallest absolute Gasteiger partial charge is 0.127 e. The van der Waals surface area contributed by atoms with Gasteiger partial charge in [-0.2, -0.15) is 0 Å². The SMILES string of the molecule is CCCCOc1ccc(CNCc2ccc(C(C)(C)C)cc2)c(OCCCC)c1. The molecular weight excluding hydrogens is 358 g/mol. The van der Waals surface area contributed by atoms with Gasteiger partial charge < -0.3 is 14.8 Å². The van der Waals surface area contributed by atoms with Crippen LogP contribution in [0.25, 0.3) is 0 Å². The first-order valence-electron chi connectivity index (χ1n) is 11.1. The monoisotopic (exact) mass is 397 g/mol. The van der Waals surface area contributed by atoms with E-state index < -0.39 is 0 Å². The molecule has 2 rings (SSSR count). The lowest BCUT2D eigenvalue weighted by atomic mass is 9.87. The van der Waals surface area contributed by atoms with Gasteiger partial charge in [0, 0.05) is 24.7 Å². The minimum Gasteiger partial charge on any atom is -0.493 e. The molecule has 29 heavy (non-hydrogen) atoms. The van der Waals surface area contributed by atoms with Gasteiger partial charge in [-0.25, -0.2) is 0 Å². The van der Waals surface area contributed by atoms with Crippen molar-refractivity contribution in [3.8, 4) is 11.5 Å². The first kappa shape index (κ1) is 23.3. The van der Waals surface area contributed by atoms with Crippen LogP contribution in [-0.4, -0.2) is 13.2 Å². The summed E-state index contributed by atoms with van der Waals surface area (Å²) < 4.78 is 11.9. The van der Waals surface area contributed by atoms with Gasteiger partial charge in [0.05, 0.1) is 13.2 Å². The third-order valence-corrected chi connectivity index (χ3v) is 5.03. The number of hydrogen-bond donors (Lipinski definition) is 1. The molecule has 3 nitrogen and oxygen atoms in total. The minimum absolute atomic E-state index is 0.192. The summed E-state index contributed by atoms with van der Waals surface area (Å²) in [6.07, 6.45) is 4.40. The van der Waals surface area contributed by atoms with Gasteiger partial charge in [-0.3, -0.25) is 0 Å². The first-order valence-corrected chi connectivity index (χ1v) is 11.1. The number of ether oxygens (including phenoxy) is 2. The van der Waals surface area contributed by atoms with Crippen molar-refractivity contribution in [2.75, 3.05) is 13.2 Å². The Morgan fingerprint density at radius 1 is 0.793 bits per heavy atom.